The summed E-state index contributed by atoms with van der Waals surface area (Å²) in [7, 11) is 0. The van der Waals surface area contributed by atoms with Crippen LogP contribution in [0.15, 0.2) is 29.4 Å². The Balaban J connectivity index is 2.62. The largest absolute Gasteiger partial charge is 0.412 e. The molecule has 1 amide bonds. The lowest BCUT2D eigenvalue weighted by atomic mass is 10.2. The number of nitro benzene ring substituents is 1. The number of azide groups is 1. The van der Waals surface area contributed by atoms with Crippen LogP contribution >= 0.6 is 0 Å². The van der Waals surface area contributed by atoms with Crippen LogP contribution < -0.4 is 10.1 Å². The predicted octanol–water partition coefficient (Wildman–Crippen LogP) is 3.18. The third kappa shape index (κ3) is 7.43. The second-order valence-corrected chi connectivity index (χ2v) is 5.82. The van der Waals surface area contributed by atoms with E-state index in [1.54, 1.807) is 0 Å². The average molecular weight is 337 g/mol. The van der Waals surface area contributed by atoms with E-state index >= 15 is 0 Å². The van der Waals surface area contributed by atoms with Crippen LogP contribution in [0.4, 0.5) is 10.5 Å². The molecule has 1 aromatic carbocycles. The Bertz CT molecular complexity index is 619. The fraction of sp³-hybridized carbons (Fsp3) is 0.500. The molecule has 0 aliphatic rings. The second kappa shape index (κ2) is 8.70. The van der Waals surface area contributed by atoms with Gasteiger partial charge in [0.1, 0.15) is 5.75 Å². The molecule has 1 atom stereocenters. The lowest BCUT2D eigenvalue weighted by Gasteiger charge is -2.24. The van der Waals surface area contributed by atoms with Crippen molar-refractivity contribution in [2.75, 3.05) is 13.2 Å². The molecule has 24 heavy (non-hydrogen) atoms. The Morgan fingerprint density at radius 2 is 2.04 bits per heavy atom. The normalized spacial score (nSPS) is 12.0. The fourth-order valence-corrected chi connectivity index (χ4v) is 1.56. The third-order valence-corrected chi connectivity index (χ3v) is 2.66. The molecule has 0 aromatic heterocycles. The van der Waals surface area contributed by atoms with Crippen molar-refractivity contribution in [3.63, 3.8) is 0 Å². The molecule has 0 saturated heterocycles. The smallest absolute Gasteiger partial charge is 0.410 e. The number of nitrogens with zero attached hydrogens (tertiary/aromatic N) is 4. The first-order valence-corrected chi connectivity index (χ1v) is 7.09. The van der Waals surface area contributed by atoms with E-state index in [0.717, 1.165) is 0 Å². The Morgan fingerprint density at radius 3 is 2.54 bits per heavy atom. The van der Waals surface area contributed by atoms with Gasteiger partial charge in [0.25, 0.3) is 5.69 Å². The molecule has 10 heteroatoms. The summed E-state index contributed by atoms with van der Waals surface area (Å²) in [6.45, 7) is 5.70. The molecule has 1 aromatic rings. The number of non-ortho nitro benzene ring substituents is 1. The summed E-state index contributed by atoms with van der Waals surface area (Å²) in [6, 6.07) is 4.51. The van der Waals surface area contributed by atoms with Crippen LogP contribution in [0.2, 0.25) is 0 Å². The van der Waals surface area contributed by atoms with Crippen molar-refractivity contribution in [3.05, 3.63) is 44.8 Å². The van der Waals surface area contributed by atoms with Gasteiger partial charge in [-0.3, -0.25) is 10.1 Å². The maximum Gasteiger partial charge on any atom is 0.412 e. The van der Waals surface area contributed by atoms with Gasteiger partial charge in [0, 0.05) is 23.6 Å². The number of carbonyl (C=O) groups is 1. The SMILES string of the molecule is CC(C)(C)OC[C@@H](CN=[N+]=[N-])NC(=O)Oc1ccc([N+](=O)[O-])cc1. The van der Waals surface area contributed by atoms with E-state index in [4.69, 9.17) is 15.0 Å². The zero-order valence-corrected chi connectivity index (χ0v) is 13.6. The molecule has 130 valence electrons. The topological polar surface area (TPSA) is 139 Å². The van der Waals surface area contributed by atoms with Gasteiger partial charge in [-0.15, -0.1) is 0 Å². The number of ether oxygens (including phenoxy) is 2. The van der Waals surface area contributed by atoms with Crippen LogP contribution in [0.1, 0.15) is 20.8 Å². The van der Waals surface area contributed by atoms with Gasteiger partial charge in [-0.05, 0) is 38.4 Å². The molecule has 1 rings (SSSR count). The first-order valence-electron chi connectivity index (χ1n) is 7.09. The van der Waals surface area contributed by atoms with Gasteiger partial charge in [-0.1, -0.05) is 5.11 Å². The standard InChI is InChI=1S/C14H19N5O5/c1-14(2,3)23-9-10(8-16-18-15)17-13(20)24-12-6-4-11(5-7-12)19(21)22/h4-7,10H,8-9H2,1-3H3,(H,17,20)/t10-/m1/s1. The lowest BCUT2D eigenvalue weighted by molar-refractivity contribution is -0.384. The van der Waals surface area contributed by atoms with Crippen LogP contribution in [0.5, 0.6) is 5.75 Å². The van der Waals surface area contributed by atoms with Gasteiger partial charge in [0.15, 0.2) is 0 Å². The second-order valence-electron chi connectivity index (χ2n) is 5.82. The molecule has 0 unspecified atom stereocenters. The van der Waals surface area contributed by atoms with Gasteiger partial charge in [0.05, 0.1) is 23.2 Å². The first-order chi connectivity index (χ1) is 11.2. The summed E-state index contributed by atoms with van der Waals surface area (Å²) < 4.78 is 10.6. The number of hydrogen-bond donors (Lipinski definition) is 1. The third-order valence-electron chi connectivity index (χ3n) is 2.66. The maximum absolute atomic E-state index is 11.9. The summed E-state index contributed by atoms with van der Waals surface area (Å²) >= 11 is 0. The number of amides is 1. The Morgan fingerprint density at radius 1 is 1.42 bits per heavy atom. The molecule has 0 spiro atoms. The van der Waals surface area contributed by atoms with Crippen molar-refractivity contribution in [3.8, 4) is 5.75 Å². The van der Waals surface area contributed by atoms with Gasteiger partial charge in [0.2, 0.25) is 0 Å². The highest BCUT2D eigenvalue weighted by atomic mass is 16.6. The highest BCUT2D eigenvalue weighted by Gasteiger charge is 2.18. The monoisotopic (exact) mass is 337 g/mol. The fourth-order valence-electron chi connectivity index (χ4n) is 1.56. The molecule has 0 radical (unpaired) electrons. The van der Waals surface area contributed by atoms with E-state index < -0.39 is 22.7 Å². The molecule has 0 fully saturated rings. The van der Waals surface area contributed by atoms with Crippen LogP contribution in [-0.2, 0) is 4.74 Å². The van der Waals surface area contributed by atoms with Crippen molar-refractivity contribution >= 4 is 11.8 Å². The lowest BCUT2D eigenvalue weighted by Crippen LogP contribution is -2.43. The summed E-state index contributed by atoms with van der Waals surface area (Å²) in [6.07, 6.45) is -0.778. The van der Waals surface area contributed by atoms with E-state index in [9.17, 15) is 14.9 Å². The summed E-state index contributed by atoms with van der Waals surface area (Å²) in [5.74, 6) is 0.150. The molecule has 0 heterocycles. The first kappa shape index (κ1) is 19.2. The molecule has 0 aliphatic heterocycles. The molecule has 0 saturated carbocycles. The van der Waals surface area contributed by atoms with Crippen molar-refractivity contribution < 1.29 is 19.2 Å². The predicted molar refractivity (Wildman–Crippen MR) is 85.8 cm³/mol. The van der Waals surface area contributed by atoms with Crippen molar-refractivity contribution in [2.45, 2.75) is 32.4 Å². The Kier molecular flexibility index (Phi) is 6.97. The van der Waals surface area contributed by atoms with Crippen LogP contribution in [-0.4, -0.2) is 35.8 Å². The summed E-state index contributed by atoms with van der Waals surface area (Å²) in [5, 5.41) is 16.5. The summed E-state index contributed by atoms with van der Waals surface area (Å²) in [4.78, 5) is 24.5. The quantitative estimate of drug-likeness (QED) is 0.267. The van der Waals surface area contributed by atoms with Crippen molar-refractivity contribution in [2.24, 2.45) is 5.11 Å². The zero-order valence-electron chi connectivity index (χ0n) is 13.6. The van der Waals surface area contributed by atoms with Gasteiger partial charge in [-0.25, -0.2) is 4.79 Å². The number of benzene rings is 1. The van der Waals surface area contributed by atoms with E-state index in [2.05, 4.69) is 15.3 Å². The molecular weight excluding hydrogens is 318 g/mol. The maximum atomic E-state index is 11.9. The highest BCUT2D eigenvalue weighted by molar-refractivity contribution is 5.70. The molecule has 1 N–H and O–H groups in total. The summed E-state index contributed by atoms with van der Waals surface area (Å²) in [5.41, 5.74) is 7.88. The van der Waals surface area contributed by atoms with Crippen molar-refractivity contribution in [1.82, 2.24) is 5.32 Å². The van der Waals surface area contributed by atoms with E-state index in [-0.39, 0.29) is 24.6 Å². The average Bonchev–Trinajstić information content (AvgIpc) is 2.49. The van der Waals surface area contributed by atoms with Crippen LogP contribution in [0.3, 0.4) is 0 Å². The highest BCUT2D eigenvalue weighted by Crippen LogP contribution is 2.17. The van der Waals surface area contributed by atoms with E-state index in [1.165, 1.54) is 24.3 Å². The zero-order chi connectivity index (χ0) is 18.2. The molecule has 0 bridgehead atoms. The Hall–Kier alpha value is -2.84. The van der Waals surface area contributed by atoms with Gasteiger partial charge >= 0.3 is 6.09 Å². The van der Waals surface area contributed by atoms with E-state index in [0.29, 0.717) is 0 Å². The minimum atomic E-state index is -0.778. The van der Waals surface area contributed by atoms with E-state index in [1.807, 2.05) is 20.8 Å². The molecular formula is C14H19N5O5. The minimum absolute atomic E-state index is 0.00193. The molecule has 10 nitrogen and oxygen atoms in total. The van der Waals surface area contributed by atoms with Crippen molar-refractivity contribution in [1.29, 1.82) is 0 Å². The number of carbonyl (C=O) groups excluding carboxylic acids is 1. The number of rotatable bonds is 7. The Labute approximate surface area is 138 Å². The van der Waals surface area contributed by atoms with Gasteiger partial charge < -0.3 is 14.8 Å². The molecule has 0 aliphatic carbocycles. The number of hydrogen-bond acceptors (Lipinski definition) is 6. The van der Waals surface area contributed by atoms with Crippen LogP contribution in [0.25, 0.3) is 10.4 Å². The number of nitro groups is 1. The minimum Gasteiger partial charge on any atom is -0.410 e. The van der Waals surface area contributed by atoms with Crippen LogP contribution in [0, 0.1) is 10.1 Å². The van der Waals surface area contributed by atoms with Gasteiger partial charge in [-0.2, -0.15) is 0 Å². The number of nitrogens with one attached hydrogen (secondary N) is 1.